The van der Waals surface area contributed by atoms with Crippen molar-refractivity contribution in [3.8, 4) is 0 Å². The van der Waals surface area contributed by atoms with E-state index in [9.17, 15) is 9.59 Å². The maximum Gasteiger partial charge on any atom is 0.312 e. The fraction of sp³-hybridized carbons (Fsp3) is 0.667. The van der Waals surface area contributed by atoms with Crippen LogP contribution in [0, 0.1) is 5.41 Å². The Balaban J connectivity index is 1.33. The van der Waals surface area contributed by atoms with Crippen LogP contribution in [0.1, 0.15) is 49.4 Å². The lowest BCUT2D eigenvalue weighted by Crippen LogP contribution is -2.43. The van der Waals surface area contributed by atoms with E-state index in [1.54, 1.807) is 6.20 Å². The monoisotopic (exact) mass is 386 g/mol. The number of cyclic esters (lactones) is 1. The molecular formula is C21H30N4O3. The Labute approximate surface area is 166 Å². The molecule has 0 bridgehead atoms. The van der Waals surface area contributed by atoms with Crippen molar-refractivity contribution in [2.75, 3.05) is 44.2 Å². The lowest BCUT2D eigenvalue weighted by Gasteiger charge is -2.37. The van der Waals surface area contributed by atoms with Gasteiger partial charge in [0.05, 0.1) is 11.0 Å². The first-order valence-corrected chi connectivity index (χ1v) is 10.5. The standard InChI is InChI=1S/C21H30N4O3/c1-2-22-19(26)16-5-6-18(23-14-16)25-11-7-21(8-12-25)13-17(28-20(21)27)15-24-9-3-4-10-24/h5-6,14,17H,2-4,7-13,15H2,1H3,(H,22,26). The van der Waals surface area contributed by atoms with E-state index in [0.29, 0.717) is 12.1 Å². The van der Waals surface area contributed by atoms with E-state index in [0.717, 1.165) is 57.8 Å². The van der Waals surface area contributed by atoms with Crippen molar-refractivity contribution < 1.29 is 14.3 Å². The van der Waals surface area contributed by atoms with Crippen LogP contribution in [-0.4, -0.2) is 67.1 Å². The summed E-state index contributed by atoms with van der Waals surface area (Å²) in [7, 11) is 0. The number of nitrogens with one attached hydrogen (secondary N) is 1. The number of hydrogen-bond acceptors (Lipinski definition) is 6. The first-order chi connectivity index (χ1) is 13.6. The molecule has 1 unspecified atom stereocenters. The molecule has 0 aromatic carbocycles. The van der Waals surface area contributed by atoms with Gasteiger partial charge in [-0.2, -0.15) is 0 Å². The van der Waals surface area contributed by atoms with Crippen LogP contribution in [0.25, 0.3) is 0 Å². The summed E-state index contributed by atoms with van der Waals surface area (Å²) in [5.74, 6) is 0.760. The van der Waals surface area contributed by atoms with Crippen molar-refractivity contribution in [3.05, 3.63) is 23.9 Å². The lowest BCUT2D eigenvalue weighted by atomic mass is 9.76. The summed E-state index contributed by atoms with van der Waals surface area (Å²) in [4.78, 5) is 33.6. The number of likely N-dealkylation sites (tertiary alicyclic amines) is 1. The molecule has 1 aromatic rings. The first-order valence-electron chi connectivity index (χ1n) is 10.5. The predicted octanol–water partition coefficient (Wildman–Crippen LogP) is 1.83. The van der Waals surface area contributed by atoms with E-state index >= 15 is 0 Å². The number of rotatable bonds is 5. The number of aromatic nitrogens is 1. The average Bonchev–Trinajstić information content (AvgIpc) is 3.31. The Morgan fingerprint density at radius 3 is 2.64 bits per heavy atom. The van der Waals surface area contributed by atoms with Crippen LogP contribution in [0.2, 0.25) is 0 Å². The van der Waals surface area contributed by atoms with Gasteiger partial charge in [-0.1, -0.05) is 0 Å². The van der Waals surface area contributed by atoms with Crippen molar-refractivity contribution in [2.45, 2.75) is 45.1 Å². The molecule has 0 saturated carbocycles. The van der Waals surface area contributed by atoms with Crippen LogP contribution in [-0.2, 0) is 9.53 Å². The number of ether oxygens (including phenoxy) is 1. The zero-order valence-electron chi connectivity index (χ0n) is 16.7. The highest BCUT2D eigenvalue weighted by atomic mass is 16.6. The Kier molecular flexibility index (Phi) is 5.53. The largest absolute Gasteiger partial charge is 0.461 e. The van der Waals surface area contributed by atoms with Crippen LogP contribution >= 0.6 is 0 Å². The van der Waals surface area contributed by atoms with E-state index < -0.39 is 0 Å². The highest BCUT2D eigenvalue weighted by molar-refractivity contribution is 5.94. The third kappa shape index (κ3) is 3.85. The van der Waals surface area contributed by atoms with Gasteiger partial charge in [0.1, 0.15) is 11.9 Å². The second-order valence-corrected chi connectivity index (χ2v) is 8.27. The molecule has 7 nitrogen and oxygen atoms in total. The first kappa shape index (κ1) is 19.2. The highest BCUT2D eigenvalue weighted by Crippen LogP contribution is 2.44. The predicted molar refractivity (Wildman–Crippen MR) is 106 cm³/mol. The van der Waals surface area contributed by atoms with Crippen molar-refractivity contribution >= 4 is 17.7 Å². The number of esters is 1. The van der Waals surface area contributed by atoms with Gasteiger partial charge in [-0.3, -0.25) is 14.5 Å². The van der Waals surface area contributed by atoms with Gasteiger partial charge in [-0.25, -0.2) is 4.98 Å². The van der Waals surface area contributed by atoms with Crippen molar-refractivity contribution in [2.24, 2.45) is 5.41 Å². The quantitative estimate of drug-likeness (QED) is 0.779. The normalized spacial score (nSPS) is 24.5. The van der Waals surface area contributed by atoms with Gasteiger partial charge in [0.25, 0.3) is 5.91 Å². The van der Waals surface area contributed by atoms with E-state index in [1.165, 1.54) is 12.8 Å². The van der Waals surface area contributed by atoms with Crippen LogP contribution in [0.5, 0.6) is 0 Å². The van der Waals surface area contributed by atoms with Gasteiger partial charge in [0.15, 0.2) is 0 Å². The second kappa shape index (κ2) is 8.07. The fourth-order valence-corrected chi connectivity index (χ4v) is 4.73. The zero-order chi connectivity index (χ0) is 19.6. The van der Waals surface area contributed by atoms with Gasteiger partial charge < -0.3 is 15.0 Å². The molecule has 1 amide bonds. The summed E-state index contributed by atoms with van der Waals surface area (Å²) >= 11 is 0. The summed E-state index contributed by atoms with van der Waals surface area (Å²) < 4.78 is 5.76. The number of piperidine rings is 1. The third-order valence-electron chi connectivity index (χ3n) is 6.38. The van der Waals surface area contributed by atoms with E-state index in [2.05, 4.69) is 20.1 Å². The summed E-state index contributed by atoms with van der Waals surface area (Å²) in [6.45, 7) is 7.23. The molecule has 3 aliphatic rings. The number of carbonyl (C=O) groups is 2. The maximum atomic E-state index is 12.6. The molecule has 4 rings (SSSR count). The fourth-order valence-electron chi connectivity index (χ4n) is 4.73. The van der Waals surface area contributed by atoms with E-state index in [-0.39, 0.29) is 23.4 Å². The Bertz CT molecular complexity index is 707. The smallest absolute Gasteiger partial charge is 0.312 e. The summed E-state index contributed by atoms with van der Waals surface area (Å²) in [5.41, 5.74) is 0.255. The SMILES string of the molecule is CCNC(=O)c1ccc(N2CCC3(CC2)CC(CN2CCCC2)OC3=O)nc1. The number of hydrogen-bond donors (Lipinski definition) is 1. The summed E-state index contributed by atoms with van der Waals surface area (Å²) in [5, 5.41) is 2.78. The molecular weight excluding hydrogens is 356 g/mol. The highest BCUT2D eigenvalue weighted by Gasteiger charge is 2.50. The molecule has 152 valence electrons. The van der Waals surface area contributed by atoms with Crippen LogP contribution in [0.3, 0.4) is 0 Å². The minimum absolute atomic E-state index is 0.00380. The number of carbonyl (C=O) groups excluding carboxylic acids is 2. The molecule has 4 heterocycles. The summed E-state index contributed by atoms with van der Waals surface area (Å²) in [6.07, 6.45) is 6.65. The molecule has 1 N–H and O–H groups in total. The van der Waals surface area contributed by atoms with Gasteiger partial charge in [0.2, 0.25) is 0 Å². The zero-order valence-corrected chi connectivity index (χ0v) is 16.7. The molecule has 1 spiro atoms. The minimum Gasteiger partial charge on any atom is -0.461 e. The molecule has 7 heteroatoms. The van der Waals surface area contributed by atoms with E-state index in [4.69, 9.17) is 4.74 Å². The molecule has 0 aliphatic carbocycles. The van der Waals surface area contributed by atoms with Gasteiger partial charge in [0, 0.05) is 38.8 Å². The van der Waals surface area contributed by atoms with Crippen molar-refractivity contribution in [1.29, 1.82) is 0 Å². The van der Waals surface area contributed by atoms with Crippen LogP contribution in [0.4, 0.5) is 5.82 Å². The summed E-state index contributed by atoms with van der Waals surface area (Å²) in [6, 6.07) is 3.71. The molecule has 0 radical (unpaired) electrons. The average molecular weight is 386 g/mol. The second-order valence-electron chi connectivity index (χ2n) is 8.27. The molecule has 1 atom stereocenters. The number of pyridine rings is 1. The lowest BCUT2D eigenvalue weighted by molar-refractivity contribution is -0.150. The van der Waals surface area contributed by atoms with Gasteiger partial charge in [-0.15, -0.1) is 0 Å². The minimum atomic E-state index is -0.318. The maximum absolute atomic E-state index is 12.6. The Morgan fingerprint density at radius 2 is 2.00 bits per heavy atom. The van der Waals surface area contributed by atoms with Gasteiger partial charge in [-0.05, 0) is 57.8 Å². The topological polar surface area (TPSA) is 74.8 Å². The number of amides is 1. The van der Waals surface area contributed by atoms with Crippen molar-refractivity contribution in [3.63, 3.8) is 0 Å². The van der Waals surface area contributed by atoms with Crippen LogP contribution in [0.15, 0.2) is 18.3 Å². The molecule has 1 aromatic heterocycles. The van der Waals surface area contributed by atoms with Crippen LogP contribution < -0.4 is 10.2 Å². The van der Waals surface area contributed by atoms with Crippen molar-refractivity contribution in [1.82, 2.24) is 15.2 Å². The van der Waals surface area contributed by atoms with Gasteiger partial charge >= 0.3 is 5.97 Å². The molecule has 3 saturated heterocycles. The van der Waals surface area contributed by atoms with E-state index in [1.807, 2.05) is 19.1 Å². The molecule has 3 aliphatic heterocycles. The Morgan fingerprint density at radius 1 is 1.25 bits per heavy atom. The number of nitrogens with zero attached hydrogens (tertiary/aromatic N) is 3. The number of anilines is 1. The third-order valence-corrected chi connectivity index (χ3v) is 6.38. The molecule has 28 heavy (non-hydrogen) atoms. The Hall–Kier alpha value is -2.15. The molecule has 3 fully saturated rings.